The van der Waals surface area contributed by atoms with Crippen molar-refractivity contribution in [3.8, 4) is 0 Å². The van der Waals surface area contributed by atoms with Crippen LogP contribution in [0, 0.1) is 0 Å². The number of H-pyrrole nitrogens is 1. The van der Waals surface area contributed by atoms with E-state index in [0.29, 0.717) is 18.1 Å². The summed E-state index contributed by atoms with van der Waals surface area (Å²) >= 11 is 0. The number of pyridine rings is 1. The average molecular weight is 267 g/mol. The molecule has 5 rings (SSSR count). The summed E-state index contributed by atoms with van der Waals surface area (Å²) in [5, 5.41) is 4.90. The summed E-state index contributed by atoms with van der Waals surface area (Å²) in [5.41, 5.74) is 3.20. The van der Waals surface area contributed by atoms with E-state index in [9.17, 15) is 0 Å². The highest BCUT2D eigenvalue weighted by Crippen LogP contribution is 2.36. The molecule has 0 aromatic carbocycles. The van der Waals surface area contributed by atoms with Crippen LogP contribution in [0.3, 0.4) is 0 Å². The number of imidazole rings is 1. The van der Waals surface area contributed by atoms with Crippen molar-refractivity contribution in [3.63, 3.8) is 0 Å². The molecule has 5 nitrogen and oxygen atoms in total. The Kier molecular flexibility index (Phi) is 2.07. The number of piperidine rings is 1. The Labute approximate surface area is 116 Å². The van der Waals surface area contributed by atoms with E-state index in [0.717, 1.165) is 11.2 Å². The van der Waals surface area contributed by atoms with Crippen molar-refractivity contribution < 1.29 is 0 Å². The molecule has 0 spiro atoms. The zero-order valence-corrected chi connectivity index (χ0v) is 11.2. The molecule has 2 aliphatic rings. The first-order valence-electron chi connectivity index (χ1n) is 7.43. The number of nitrogens with zero attached hydrogens (tertiary/aromatic N) is 3. The van der Waals surface area contributed by atoms with Gasteiger partial charge in [0.15, 0.2) is 0 Å². The molecule has 0 radical (unpaired) electrons. The van der Waals surface area contributed by atoms with Gasteiger partial charge < -0.3 is 14.9 Å². The third kappa shape index (κ3) is 1.41. The minimum absolute atomic E-state index is 0.569. The monoisotopic (exact) mass is 267 g/mol. The molecule has 2 aliphatic heterocycles. The zero-order chi connectivity index (χ0) is 13.1. The first-order valence-corrected chi connectivity index (χ1v) is 7.43. The van der Waals surface area contributed by atoms with E-state index in [4.69, 9.17) is 0 Å². The van der Waals surface area contributed by atoms with E-state index in [-0.39, 0.29) is 0 Å². The van der Waals surface area contributed by atoms with Gasteiger partial charge in [-0.25, -0.2) is 9.97 Å². The average Bonchev–Trinajstić information content (AvgIpc) is 3.15. The maximum Gasteiger partial charge on any atom is 0.139 e. The third-order valence-corrected chi connectivity index (χ3v) is 4.96. The van der Waals surface area contributed by atoms with Crippen molar-refractivity contribution in [1.82, 2.24) is 24.8 Å². The van der Waals surface area contributed by atoms with Gasteiger partial charge in [0, 0.05) is 29.7 Å². The standard InChI is InChI=1S/C15H17N5/c1-2-10-6-11(5-9(1)19-10)20-8-18-13-7-17-15-12(14(13)20)3-4-16-15/h3-4,7-11,19H,1-2,5-6H2,(H,16,17)/t9-,10+,11-. The van der Waals surface area contributed by atoms with Crippen LogP contribution in [-0.2, 0) is 0 Å². The number of nitrogens with one attached hydrogen (secondary N) is 2. The molecular formula is C15H17N5. The first-order chi connectivity index (χ1) is 9.88. The molecule has 20 heavy (non-hydrogen) atoms. The Morgan fingerprint density at radius 3 is 2.85 bits per heavy atom. The smallest absolute Gasteiger partial charge is 0.139 e. The second-order valence-corrected chi connectivity index (χ2v) is 6.15. The Morgan fingerprint density at radius 1 is 1.15 bits per heavy atom. The summed E-state index contributed by atoms with van der Waals surface area (Å²) in [6, 6.07) is 4.07. The Morgan fingerprint density at radius 2 is 2.00 bits per heavy atom. The maximum atomic E-state index is 4.56. The molecule has 0 amide bonds. The molecular weight excluding hydrogens is 250 g/mol. The highest BCUT2D eigenvalue weighted by Gasteiger charge is 2.34. The zero-order valence-electron chi connectivity index (χ0n) is 11.2. The summed E-state index contributed by atoms with van der Waals surface area (Å²) in [5.74, 6) is 0. The molecule has 2 fully saturated rings. The van der Waals surface area contributed by atoms with E-state index in [1.165, 1.54) is 36.6 Å². The molecule has 5 heteroatoms. The molecule has 0 saturated carbocycles. The lowest BCUT2D eigenvalue weighted by Gasteiger charge is -2.30. The minimum Gasteiger partial charge on any atom is -0.346 e. The van der Waals surface area contributed by atoms with Gasteiger partial charge in [0.05, 0.1) is 18.0 Å². The van der Waals surface area contributed by atoms with E-state index in [1.807, 2.05) is 18.7 Å². The fraction of sp³-hybridized carbons (Fsp3) is 0.467. The topological polar surface area (TPSA) is 58.5 Å². The van der Waals surface area contributed by atoms with Crippen LogP contribution >= 0.6 is 0 Å². The lowest BCUT2D eigenvalue weighted by atomic mass is 9.99. The molecule has 0 aliphatic carbocycles. The SMILES string of the molecule is c1cc2c(ncc3ncn([C@@H]4C[C@H]5CC[C@@H](C4)N5)c32)[nH]1. The molecule has 102 valence electrons. The van der Waals surface area contributed by atoms with Crippen LogP contribution in [-0.4, -0.2) is 31.6 Å². The molecule has 2 saturated heterocycles. The van der Waals surface area contributed by atoms with Crippen molar-refractivity contribution in [2.24, 2.45) is 0 Å². The molecule has 3 aromatic heterocycles. The highest BCUT2D eigenvalue weighted by atomic mass is 15.1. The van der Waals surface area contributed by atoms with Gasteiger partial charge in [-0.1, -0.05) is 0 Å². The number of hydrogen-bond acceptors (Lipinski definition) is 3. The fourth-order valence-electron chi connectivity index (χ4n) is 4.06. The van der Waals surface area contributed by atoms with Gasteiger partial charge in [0.2, 0.25) is 0 Å². The van der Waals surface area contributed by atoms with Crippen molar-refractivity contribution in [1.29, 1.82) is 0 Å². The van der Waals surface area contributed by atoms with Crippen LogP contribution < -0.4 is 5.32 Å². The van der Waals surface area contributed by atoms with Gasteiger partial charge in [0.1, 0.15) is 11.2 Å². The second-order valence-electron chi connectivity index (χ2n) is 6.15. The number of fused-ring (bicyclic) bond motifs is 5. The van der Waals surface area contributed by atoms with Gasteiger partial charge in [-0.05, 0) is 31.7 Å². The summed E-state index contributed by atoms with van der Waals surface area (Å²) in [6.45, 7) is 0. The van der Waals surface area contributed by atoms with Gasteiger partial charge in [-0.2, -0.15) is 0 Å². The largest absolute Gasteiger partial charge is 0.346 e. The normalized spacial score (nSPS) is 29.5. The quantitative estimate of drug-likeness (QED) is 0.711. The van der Waals surface area contributed by atoms with Crippen molar-refractivity contribution in [2.45, 2.75) is 43.8 Å². The van der Waals surface area contributed by atoms with Crippen molar-refractivity contribution >= 4 is 22.1 Å². The van der Waals surface area contributed by atoms with Crippen molar-refractivity contribution in [2.75, 3.05) is 0 Å². The minimum atomic E-state index is 0.569. The van der Waals surface area contributed by atoms with Gasteiger partial charge in [0.25, 0.3) is 0 Å². The van der Waals surface area contributed by atoms with Gasteiger partial charge in [-0.3, -0.25) is 0 Å². The lowest BCUT2D eigenvalue weighted by molar-refractivity contribution is 0.303. The Hall–Kier alpha value is -1.88. The van der Waals surface area contributed by atoms with E-state index in [1.54, 1.807) is 0 Å². The van der Waals surface area contributed by atoms with Gasteiger partial charge >= 0.3 is 0 Å². The third-order valence-electron chi connectivity index (χ3n) is 4.96. The number of aromatic nitrogens is 4. The number of rotatable bonds is 1. The van der Waals surface area contributed by atoms with Crippen LogP contribution in [0.1, 0.15) is 31.7 Å². The van der Waals surface area contributed by atoms with Crippen LogP contribution in [0.5, 0.6) is 0 Å². The predicted octanol–water partition coefficient (Wildman–Crippen LogP) is 2.37. The van der Waals surface area contributed by atoms with E-state index >= 15 is 0 Å². The van der Waals surface area contributed by atoms with E-state index in [2.05, 4.69) is 30.9 Å². The number of aromatic amines is 1. The van der Waals surface area contributed by atoms with Crippen LogP contribution in [0.4, 0.5) is 0 Å². The summed E-state index contributed by atoms with van der Waals surface area (Å²) in [7, 11) is 0. The Bertz CT molecular complexity index is 774. The molecule has 2 bridgehead atoms. The summed E-state index contributed by atoms with van der Waals surface area (Å²) in [6.07, 6.45) is 10.9. The van der Waals surface area contributed by atoms with E-state index < -0.39 is 0 Å². The predicted molar refractivity (Wildman–Crippen MR) is 77.6 cm³/mol. The Balaban J connectivity index is 1.70. The number of hydrogen-bond donors (Lipinski definition) is 2. The summed E-state index contributed by atoms with van der Waals surface area (Å²) < 4.78 is 2.39. The van der Waals surface area contributed by atoms with Crippen molar-refractivity contribution in [3.05, 3.63) is 24.8 Å². The molecule has 5 heterocycles. The maximum absolute atomic E-state index is 4.56. The first kappa shape index (κ1) is 10.9. The molecule has 0 unspecified atom stereocenters. The fourth-order valence-corrected chi connectivity index (χ4v) is 4.06. The second kappa shape index (κ2) is 3.82. The molecule has 2 N–H and O–H groups in total. The van der Waals surface area contributed by atoms with Gasteiger partial charge in [-0.15, -0.1) is 0 Å². The molecule has 3 atom stereocenters. The van der Waals surface area contributed by atoms with Crippen LogP contribution in [0.25, 0.3) is 22.1 Å². The summed E-state index contributed by atoms with van der Waals surface area (Å²) in [4.78, 5) is 12.2. The lowest BCUT2D eigenvalue weighted by Crippen LogP contribution is -2.38. The van der Waals surface area contributed by atoms with Crippen LogP contribution in [0.15, 0.2) is 24.8 Å². The molecule has 3 aromatic rings. The highest BCUT2D eigenvalue weighted by molar-refractivity contribution is 6.00. The van der Waals surface area contributed by atoms with Crippen LogP contribution in [0.2, 0.25) is 0 Å².